The van der Waals surface area contributed by atoms with Crippen LogP contribution >= 0.6 is 46.4 Å². The normalized spacial score (nSPS) is 10.4. The highest BCUT2D eigenvalue weighted by atomic mass is 35.5. The van der Waals surface area contributed by atoms with Gasteiger partial charge in [-0.05, 0) is 42.8 Å². The van der Waals surface area contributed by atoms with Crippen molar-refractivity contribution in [1.82, 2.24) is 0 Å². The number of benzene rings is 2. The summed E-state index contributed by atoms with van der Waals surface area (Å²) in [6.45, 7) is 1.85. The fourth-order valence-corrected chi connectivity index (χ4v) is 2.37. The molecule has 0 saturated carbocycles. The molecular weight excluding hydrogens is 340 g/mol. The van der Waals surface area contributed by atoms with E-state index in [1.54, 1.807) is 18.2 Å². The van der Waals surface area contributed by atoms with E-state index in [-0.39, 0.29) is 21.5 Å². The molecule has 0 spiro atoms. The monoisotopic (exact) mass is 347 g/mol. The van der Waals surface area contributed by atoms with Gasteiger partial charge in [0.15, 0.2) is 0 Å². The molecule has 0 aliphatic carbocycles. The van der Waals surface area contributed by atoms with Gasteiger partial charge in [-0.3, -0.25) is 4.79 Å². The maximum absolute atomic E-state index is 12.2. The lowest BCUT2D eigenvalue weighted by molar-refractivity contribution is 0.102. The number of amides is 1. The number of rotatable bonds is 2. The fourth-order valence-electron chi connectivity index (χ4n) is 1.62. The molecule has 0 aliphatic heterocycles. The molecular formula is C14H9Cl4NO. The number of carbonyl (C=O) groups excluding carboxylic acids is 1. The molecule has 1 amide bonds. The van der Waals surface area contributed by atoms with Gasteiger partial charge in [0.25, 0.3) is 5.91 Å². The van der Waals surface area contributed by atoms with Crippen molar-refractivity contribution >= 4 is 58.0 Å². The maximum Gasteiger partial charge on any atom is 0.257 e. The molecule has 0 radical (unpaired) electrons. The summed E-state index contributed by atoms with van der Waals surface area (Å²) in [5, 5.41) is 4.18. The first-order chi connectivity index (χ1) is 9.38. The largest absolute Gasteiger partial charge is 0.322 e. The predicted molar refractivity (Wildman–Crippen MR) is 85.6 cm³/mol. The Morgan fingerprint density at radius 2 is 1.55 bits per heavy atom. The van der Waals surface area contributed by atoms with E-state index in [2.05, 4.69) is 5.32 Å². The van der Waals surface area contributed by atoms with Crippen LogP contribution in [0.4, 0.5) is 5.69 Å². The molecule has 2 aromatic carbocycles. The van der Waals surface area contributed by atoms with E-state index in [9.17, 15) is 4.79 Å². The van der Waals surface area contributed by atoms with E-state index in [1.165, 1.54) is 12.1 Å². The van der Waals surface area contributed by atoms with Gasteiger partial charge in [-0.1, -0.05) is 46.4 Å². The Bertz CT molecular complexity index is 685. The van der Waals surface area contributed by atoms with Crippen molar-refractivity contribution in [3.8, 4) is 0 Å². The fraction of sp³-hybridized carbons (Fsp3) is 0.0714. The van der Waals surface area contributed by atoms with Gasteiger partial charge in [0.1, 0.15) is 0 Å². The van der Waals surface area contributed by atoms with Crippen LogP contribution in [0.3, 0.4) is 0 Å². The lowest BCUT2D eigenvalue weighted by Gasteiger charge is -2.09. The second kappa shape index (κ2) is 6.23. The highest BCUT2D eigenvalue weighted by Crippen LogP contribution is 2.29. The Morgan fingerprint density at radius 1 is 0.900 bits per heavy atom. The van der Waals surface area contributed by atoms with Gasteiger partial charge in [0, 0.05) is 10.7 Å². The van der Waals surface area contributed by atoms with Crippen LogP contribution in [0.25, 0.3) is 0 Å². The molecule has 20 heavy (non-hydrogen) atoms. The van der Waals surface area contributed by atoms with Gasteiger partial charge in [0.2, 0.25) is 0 Å². The summed E-state index contributed by atoms with van der Waals surface area (Å²) in [6, 6.07) is 8.06. The van der Waals surface area contributed by atoms with E-state index in [0.717, 1.165) is 5.56 Å². The molecule has 2 nitrogen and oxygen atoms in total. The second-order valence-corrected chi connectivity index (χ2v) is 5.79. The van der Waals surface area contributed by atoms with E-state index in [0.29, 0.717) is 15.7 Å². The molecule has 0 aliphatic rings. The first-order valence-corrected chi connectivity index (χ1v) is 7.11. The Balaban J connectivity index is 2.28. The van der Waals surface area contributed by atoms with Crippen LogP contribution in [0.1, 0.15) is 15.9 Å². The average molecular weight is 349 g/mol. The van der Waals surface area contributed by atoms with Gasteiger partial charge in [0.05, 0.1) is 20.6 Å². The van der Waals surface area contributed by atoms with Crippen molar-refractivity contribution in [1.29, 1.82) is 0 Å². The van der Waals surface area contributed by atoms with Crippen LogP contribution in [-0.2, 0) is 0 Å². The molecule has 6 heteroatoms. The molecule has 0 fully saturated rings. The summed E-state index contributed by atoms with van der Waals surface area (Å²) in [4.78, 5) is 12.2. The minimum Gasteiger partial charge on any atom is -0.322 e. The van der Waals surface area contributed by atoms with Crippen LogP contribution in [0.5, 0.6) is 0 Å². The smallest absolute Gasteiger partial charge is 0.257 e. The maximum atomic E-state index is 12.2. The average Bonchev–Trinajstić information content (AvgIpc) is 2.38. The number of anilines is 1. The van der Waals surface area contributed by atoms with Crippen LogP contribution in [0, 0.1) is 6.92 Å². The standard InChI is InChI=1S/C14H9Cl4NO/c1-7-4-8(2-3-10(7)15)19-14(20)9-5-12(17)13(18)6-11(9)16/h2-6H,1H3,(H,19,20). The Morgan fingerprint density at radius 3 is 2.20 bits per heavy atom. The Labute approximate surface area is 136 Å². The lowest BCUT2D eigenvalue weighted by Crippen LogP contribution is -2.12. The molecule has 0 bridgehead atoms. The minimum absolute atomic E-state index is 0.239. The molecule has 1 N–H and O–H groups in total. The van der Waals surface area contributed by atoms with E-state index >= 15 is 0 Å². The van der Waals surface area contributed by atoms with Gasteiger partial charge in [-0.15, -0.1) is 0 Å². The van der Waals surface area contributed by atoms with E-state index in [4.69, 9.17) is 46.4 Å². The first-order valence-electron chi connectivity index (χ1n) is 5.60. The Hall–Kier alpha value is -0.930. The van der Waals surface area contributed by atoms with Gasteiger partial charge in [-0.25, -0.2) is 0 Å². The summed E-state index contributed by atoms with van der Waals surface area (Å²) < 4.78 is 0. The third-order valence-corrected chi connectivity index (χ3v) is 4.13. The first kappa shape index (κ1) is 15.5. The number of aryl methyl sites for hydroxylation is 1. The zero-order valence-electron chi connectivity index (χ0n) is 10.3. The molecule has 2 rings (SSSR count). The number of halogens is 4. The van der Waals surface area contributed by atoms with Gasteiger partial charge in [-0.2, -0.15) is 0 Å². The van der Waals surface area contributed by atoms with Crippen LogP contribution in [0.2, 0.25) is 20.1 Å². The van der Waals surface area contributed by atoms with Crippen molar-refractivity contribution in [3.05, 3.63) is 61.5 Å². The Kier molecular flexibility index (Phi) is 4.82. The zero-order chi connectivity index (χ0) is 14.9. The summed E-state index contributed by atoms with van der Waals surface area (Å²) in [6.07, 6.45) is 0. The highest BCUT2D eigenvalue weighted by molar-refractivity contribution is 6.44. The van der Waals surface area contributed by atoms with Gasteiger partial charge < -0.3 is 5.32 Å². The summed E-state index contributed by atoms with van der Waals surface area (Å²) >= 11 is 23.6. The lowest BCUT2D eigenvalue weighted by atomic mass is 10.2. The predicted octanol–water partition coefficient (Wildman–Crippen LogP) is 5.86. The second-order valence-electron chi connectivity index (χ2n) is 4.16. The quantitative estimate of drug-likeness (QED) is 0.676. The van der Waals surface area contributed by atoms with Crippen molar-refractivity contribution in [3.63, 3.8) is 0 Å². The number of hydrogen-bond acceptors (Lipinski definition) is 1. The molecule has 0 saturated heterocycles. The molecule has 104 valence electrons. The van der Waals surface area contributed by atoms with Crippen molar-refractivity contribution in [2.75, 3.05) is 5.32 Å². The summed E-state index contributed by atoms with van der Waals surface area (Å²) in [5.74, 6) is -0.365. The molecule has 0 heterocycles. The minimum atomic E-state index is -0.365. The molecule has 0 atom stereocenters. The highest BCUT2D eigenvalue weighted by Gasteiger charge is 2.14. The zero-order valence-corrected chi connectivity index (χ0v) is 13.3. The molecule has 0 aromatic heterocycles. The van der Waals surface area contributed by atoms with Crippen molar-refractivity contribution < 1.29 is 4.79 Å². The van der Waals surface area contributed by atoms with Gasteiger partial charge >= 0.3 is 0 Å². The van der Waals surface area contributed by atoms with E-state index < -0.39 is 0 Å². The third-order valence-electron chi connectivity index (χ3n) is 2.67. The van der Waals surface area contributed by atoms with Crippen LogP contribution < -0.4 is 5.32 Å². The SMILES string of the molecule is Cc1cc(NC(=O)c2cc(Cl)c(Cl)cc2Cl)ccc1Cl. The van der Waals surface area contributed by atoms with Crippen LogP contribution in [0.15, 0.2) is 30.3 Å². The number of carbonyl (C=O) groups is 1. The molecule has 2 aromatic rings. The summed E-state index contributed by atoms with van der Waals surface area (Å²) in [7, 11) is 0. The van der Waals surface area contributed by atoms with Crippen molar-refractivity contribution in [2.24, 2.45) is 0 Å². The van der Waals surface area contributed by atoms with E-state index in [1.807, 2.05) is 6.92 Å². The summed E-state index contributed by atoms with van der Waals surface area (Å²) in [5.41, 5.74) is 1.75. The van der Waals surface area contributed by atoms with Crippen molar-refractivity contribution in [2.45, 2.75) is 6.92 Å². The number of hydrogen-bond donors (Lipinski definition) is 1. The third kappa shape index (κ3) is 3.39. The molecule has 0 unspecified atom stereocenters. The van der Waals surface area contributed by atoms with Crippen LogP contribution in [-0.4, -0.2) is 5.91 Å². The topological polar surface area (TPSA) is 29.1 Å². The number of nitrogens with one attached hydrogen (secondary N) is 1.